The first-order chi connectivity index (χ1) is 5.31. The van der Waals surface area contributed by atoms with E-state index in [1.165, 1.54) is 9.57 Å². The standard InChI is InChI=1S/C5H6N.2CO.Fe/c1-5-3-2-4-6-5;2*1-2;/h2-4,6H,1H2;;;/q-1;;;. The van der Waals surface area contributed by atoms with E-state index in [-0.39, 0.29) is 14.1 Å². The summed E-state index contributed by atoms with van der Waals surface area (Å²) in [5, 5.41) is 0. The number of H-pyrrole nitrogens is 1. The van der Waals surface area contributed by atoms with Gasteiger partial charge in [0.2, 0.25) is 0 Å². The van der Waals surface area contributed by atoms with E-state index in [2.05, 4.69) is 11.9 Å². The van der Waals surface area contributed by atoms with E-state index in [1.54, 1.807) is 0 Å². The van der Waals surface area contributed by atoms with Gasteiger partial charge in [0.25, 0.3) is 0 Å². The van der Waals surface area contributed by atoms with E-state index in [0.29, 0.717) is 0 Å². The van der Waals surface area contributed by atoms with Crippen LogP contribution in [0.2, 0.25) is 0 Å². The first kappa shape index (κ1) is 9.83. The molecule has 0 aliphatic carbocycles. The largest absolute Gasteiger partial charge is 0.397 e. The van der Waals surface area contributed by atoms with Gasteiger partial charge in [-0.2, -0.15) is 6.07 Å². The number of carbonyl (C=O) groups excluding carboxylic acids is 2. The molecule has 0 saturated heterocycles. The minimum atomic E-state index is -0.222. The Labute approximate surface area is 69.7 Å². The number of aromatic amines is 1. The minimum Gasteiger partial charge on any atom is -0.397 e. The van der Waals surface area contributed by atoms with E-state index < -0.39 is 0 Å². The number of aromatic nitrogens is 1. The van der Waals surface area contributed by atoms with Crippen LogP contribution in [0.3, 0.4) is 0 Å². The van der Waals surface area contributed by atoms with E-state index >= 15 is 0 Å². The first-order valence-corrected chi connectivity index (χ1v) is 3.71. The van der Waals surface area contributed by atoms with Crippen molar-refractivity contribution in [3.8, 4) is 0 Å². The molecule has 4 heteroatoms. The molecule has 1 aromatic rings. The van der Waals surface area contributed by atoms with Crippen molar-refractivity contribution in [2.75, 3.05) is 0 Å². The number of hydrogen-bond acceptors (Lipinski definition) is 2. The van der Waals surface area contributed by atoms with Crippen molar-refractivity contribution >= 4 is 9.57 Å². The van der Waals surface area contributed by atoms with Gasteiger partial charge in [-0.25, -0.2) is 6.92 Å². The summed E-state index contributed by atoms with van der Waals surface area (Å²) in [5.41, 5.74) is 0.968. The van der Waals surface area contributed by atoms with Crippen molar-refractivity contribution in [3.05, 3.63) is 30.9 Å². The average Bonchev–Trinajstić information content (AvgIpc) is 2.43. The normalized spacial score (nSPS) is 6.91. The third kappa shape index (κ3) is 6.72. The maximum atomic E-state index is 9.02. The van der Waals surface area contributed by atoms with Crippen molar-refractivity contribution in [1.82, 2.24) is 4.98 Å². The van der Waals surface area contributed by atoms with Crippen LogP contribution in [0.15, 0.2) is 18.3 Å². The predicted molar refractivity (Wildman–Crippen MR) is 36.6 cm³/mol. The van der Waals surface area contributed by atoms with Crippen LogP contribution in [0, 0.1) is 6.92 Å². The molecule has 0 fully saturated rings. The van der Waals surface area contributed by atoms with Gasteiger partial charge >= 0.3 is 33.2 Å². The number of nitrogens with one attached hydrogen (secondary N) is 1. The zero-order chi connectivity index (χ0) is 8.53. The summed E-state index contributed by atoms with van der Waals surface area (Å²) in [7, 11) is 0. The molecule has 0 aliphatic heterocycles. The maximum Gasteiger partial charge on any atom is -0.0198 e. The van der Waals surface area contributed by atoms with Crippen molar-refractivity contribution in [2.45, 2.75) is 0 Å². The predicted octanol–water partition coefficient (Wildman–Crippen LogP) is 0.400. The SMILES string of the molecule is O=[C]=[Fe]=[C]=O.[CH2-]c1ccc[nH]1. The summed E-state index contributed by atoms with van der Waals surface area (Å²) < 4.78 is 0. The molecule has 1 rings (SSSR count). The Balaban J connectivity index is 0.000000187. The molecule has 0 aromatic carbocycles. The van der Waals surface area contributed by atoms with E-state index in [0.717, 1.165) is 5.69 Å². The Bertz CT molecular complexity index is 276. The van der Waals surface area contributed by atoms with Crippen molar-refractivity contribution < 1.29 is 23.7 Å². The number of hydrogen-bond donors (Lipinski definition) is 1. The monoisotopic (exact) mass is 192 g/mol. The van der Waals surface area contributed by atoms with Crippen LogP contribution in [0.5, 0.6) is 0 Å². The molecule has 0 saturated carbocycles. The van der Waals surface area contributed by atoms with E-state index in [1.807, 2.05) is 18.3 Å². The van der Waals surface area contributed by atoms with Crippen LogP contribution in [-0.4, -0.2) is 14.6 Å². The average molecular weight is 192 g/mol. The molecular weight excluding hydrogens is 186 g/mol. The Morgan fingerprint density at radius 1 is 1.45 bits per heavy atom. The Kier molecular flexibility index (Phi) is 6.20. The van der Waals surface area contributed by atoms with Gasteiger partial charge in [0, 0.05) is 0 Å². The fourth-order valence-electron chi connectivity index (χ4n) is 0.382. The Morgan fingerprint density at radius 2 is 2.09 bits per heavy atom. The molecule has 3 nitrogen and oxygen atoms in total. The van der Waals surface area contributed by atoms with Crippen LogP contribution in [0.25, 0.3) is 0 Å². The molecule has 0 spiro atoms. The molecule has 1 aromatic heterocycles. The van der Waals surface area contributed by atoms with Gasteiger partial charge in [-0.05, 0) is 6.20 Å². The first-order valence-electron chi connectivity index (χ1n) is 2.61. The topological polar surface area (TPSA) is 49.9 Å². The van der Waals surface area contributed by atoms with Crippen molar-refractivity contribution in [2.24, 2.45) is 0 Å². The van der Waals surface area contributed by atoms with Gasteiger partial charge in [0.05, 0.1) is 0 Å². The van der Waals surface area contributed by atoms with Gasteiger partial charge in [-0.3, -0.25) is 0 Å². The van der Waals surface area contributed by atoms with Gasteiger partial charge in [-0.1, -0.05) is 0 Å². The molecule has 0 bridgehead atoms. The second-order valence-corrected chi connectivity index (χ2v) is 2.15. The van der Waals surface area contributed by atoms with Crippen LogP contribution < -0.4 is 0 Å². The number of rotatable bonds is 0. The summed E-state index contributed by atoms with van der Waals surface area (Å²) in [6.07, 6.45) is 1.85. The summed E-state index contributed by atoms with van der Waals surface area (Å²) in [4.78, 5) is 23.6. The third-order valence-electron chi connectivity index (χ3n) is 0.735. The molecular formula is C7H6FeNO2-. The molecule has 0 amide bonds. The van der Waals surface area contributed by atoms with Crippen LogP contribution in [-0.2, 0) is 23.7 Å². The summed E-state index contributed by atoms with van der Waals surface area (Å²) >= 11 is -0.222. The smallest absolute Gasteiger partial charge is 0.0198 e. The van der Waals surface area contributed by atoms with Gasteiger partial charge < -0.3 is 4.98 Å². The second kappa shape index (κ2) is 6.94. The maximum absolute atomic E-state index is 9.02. The Morgan fingerprint density at radius 3 is 2.18 bits per heavy atom. The molecule has 1 N–H and O–H groups in total. The summed E-state index contributed by atoms with van der Waals surface area (Å²) in [6.45, 7) is 3.62. The van der Waals surface area contributed by atoms with Gasteiger partial charge in [0.1, 0.15) is 0 Å². The molecule has 0 radical (unpaired) electrons. The molecule has 60 valence electrons. The van der Waals surface area contributed by atoms with Gasteiger partial charge in [0.15, 0.2) is 0 Å². The van der Waals surface area contributed by atoms with Crippen LogP contribution in [0.4, 0.5) is 0 Å². The quantitative estimate of drug-likeness (QED) is 0.477. The Hall–Kier alpha value is -1.17. The molecule has 0 unspecified atom stereocenters. The fraction of sp³-hybridized carbons (Fsp3) is 0. The second-order valence-electron chi connectivity index (χ2n) is 1.43. The molecule has 0 atom stereocenters. The van der Waals surface area contributed by atoms with E-state index in [4.69, 9.17) is 9.59 Å². The van der Waals surface area contributed by atoms with Gasteiger partial charge in [-0.15, -0.1) is 11.8 Å². The molecule has 0 aliphatic rings. The molecule has 1 heterocycles. The zero-order valence-electron chi connectivity index (χ0n) is 5.61. The van der Waals surface area contributed by atoms with Crippen LogP contribution in [0.1, 0.15) is 5.69 Å². The van der Waals surface area contributed by atoms with Crippen LogP contribution >= 0.6 is 0 Å². The molecule has 11 heavy (non-hydrogen) atoms. The van der Waals surface area contributed by atoms with Crippen molar-refractivity contribution in [1.29, 1.82) is 0 Å². The zero-order valence-corrected chi connectivity index (χ0v) is 6.71. The third-order valence-corrected chi connectivity index (χ3v) is 0.960. The summed E-state index contributed by atoms with van der Waals surface area (Å²) in [6, 6.07) is 3.84. The fourth-order valence-corrected chi connectivity index (χ4v) is 0.428. The summed E-state index contributed by atoms with van der Waals surface area (Å²) in [5.74, 6) is 0. The van der Waals surface area contributed by atoms with Crippen molar-refractivity contribution in [3.63, 3.8) is 0 Å². The minimum absolute atomic E-state index is 0.222. The van der Waals surface area contributed by atoms with E-state index in [9.17, 15) is 0 Å².